The van der Waals surface area contributed by atoms with Crippen molar-refractivity contribution in [2.45, 2.75) is 0 Å². The van der Waals surface area contributed by atoms with Crippen LogP contribution in [0.1, 0.15) is 10.4 Å². The van der Waals surface area contributed by atoms with Crippen molar-refractivity contribution < 1.29 is 14.3 Å². The number of nitrogens with one attached hydrogen (secondary N) is 1. The molecule has 0 atom stereocenters. The summed E-state index contributed by atoms with van der Waals surface area (Å²) in [5.41, 5.74) is 2.46. The van der Waals surface area contributed by atoms with E-state index in [1.807, 2.05) is 0 Å². The minimum Gasteiger partial charge on any atom is -0.486 e. The molecule has 0 spiro atoms. The Morgan fingerprint density at radius 3 is 2.48 bits per heavy atom. The van der Waals surface area contributed by atoms with Crippen molar-refractivity contribution in [3.63, 3.8) is 0 Å². The lowest BCUT2D eigenvalue weighted by Crippen LogP contribution is -2.19. The first-order chi connectivity index (χ1) is 12.0. The van der Waals surface area contributed by atoms with Gasteiger partial charge >= 0.3 is 5.69 Å². The lowest BCUT2D eigenvalue weighted by atomic mass is 10.1. The molecule has 1 N–H and O–H groups in total. The van der Waals surface area contributed by atoms with Crippen LogP contribution in [-0.4, -0.2) is 28.3 Å². The van der Waals surface area contributed by atoms with Gasteiger partial charge in [0.2, 0.25) is 0 Å². The SMILES string of the molecule is Cn1c(=O)n(C)c2cc(C(=O)Nc3ccc4c(c3)OCCO4)ccc21. The number of anilines is 1. The summed E-state index contributed by atoms with van der Waals surface area (Å²) in [5.74, 6) is 1.03. The first-order valence-electron chi connectivity index (χ1n) is 7.91. The van der Waals surface area contributed by atoms with E-state index in [1.165, 1.54) is 4.57 Å². The van der Waals surface area contributed by atoms with Crippen LogP contribution in [0.5, 0.6) is 11.5 Å². The maximum atomic E-state index is 12.6. The molecule has 0 unspecified atom stereocenters. The number of ether oxygens (including phenoxy) is 2. The molecule has 2 heterocycles. The van der Waals surface area contributed by atoms with Gasteiger partial charge in [-0.1, -0.05) is 0 Å². The van der Waals surface area contributed by atoms with Gasteiger partial charge in [0.05, 0.1) is 11.0 Å². The molecule has 7 heteroatoms. The number of aromatic nitrogens is 2. The molecule has 0 saturated heterocycles. The zero-order chi connectivity index (χ0) is 17.6. The summed E-state index contributed by atoms with van der Waals surface area (Å²) >= 11 is 0. The van der Waals surface area contributed by atoms with E-state index in [0.717, 1.165) is 5.52 Å². The van der Waals surface area contributed by atoms with E-state index < -0.39 is 0 Å². The molecule has 0 fully saturated rings. The van der Waals surface area contributed by atoms with Crippen LogP contribution >= 0.6 is 0 Å². The van der Waals surface area contributed by atoms with Crippen molar-refractivity contribution in [2.75, 3.05) is 18.5 Å². The van der Waals surface area contributed by atoms with Gasteiger partial charge in [0.15, 0.2) is 11.5 Å². The Morgan fingerprint density at radius 1 is 0.960 bits per heavy atom. The topological polar surface area (TPSA) is 74.5 Å². The van der Waals surface area contributed by atoms with Crippen LogP contribution in [0.4, 0.5) is 5.69 Å². The molecule has 1 aliphatic rings. The predicted octanol–water partition coefficient (Wildman–Crippen LogP) is 1.90. The van der Waals surface area contributed by atoms with Crippen LogP contribution in [-0.2, 0) is 14.1 Å². The van der Waals surface area contributed by atoms with E-state index in [4.69, 9.17) is 9.47 Å². The zero-order valence-electron chi connectivity index (χ0n) is 13.9. The standard InChI is InChI=1S/C18H17N3O4/c1-20-13-5-3-11(9-14(13)21(2)18(20)23)17(22)19-12-4-6-15-16(10-12)25-8-7-24-15/h3-6,9-10H,7-8H2,1-2H3,(H,19,22). The molecule has 3 aromatic rings. The third-order valence-electron chi connectivity index (χ3n) is 4.33. The number of hydrogen-bond acceptors (Lipinski definition) is 4. The number of carbonyl (C=O) groups is 1. The monoisotopic (exact) mass is 339 g/mol. The first-order valence-corrected chi connectivity index (χ1v) is 7.91. The largest absolute Gasteiger partial charge is 0.486 e. The summed E-state index contributed by atoms with van der Waals surface area (Å²) in [6.07, 6.45) is 0. The van der Waals surface area contributed by atoms with Crippen molar-refractivity contribution in [3.8, 4) is 11.5 Å². The van der Waals surface area contributed by atoms with Crippen molar-refractivity contribution in [3.05, 3.63) is 52.4 Å². The molecule has 0 saturated carbocycles. The van der Waals surface area contributed by atoms with Gasteiger partial charge < -0.3 is 14.8 Å². The van der Waals surface area contributed by atoms with Gasteiger partial charge in [-0.25, -0.2) is 4.79 Å². The molecule has 1 amide bonds. The maximum Gasteiger partial charge on any atom is 0.328 e. The van der Waals surface area contributed by atoms with E-state index in [1.54, 1.807) is 55.1 Å². The first kappa shape index (κ1) is 15.3. The Balaban J connectivity index is 1.64. The highest BCUT2D eigenvalue weighted by atomic mass is 16.6. The number of carbonyl (C=O) groups excluding carboxylic acids is 1. The second-order valence-corrected chi connectivity index (χ2v) is 5.92. The van der Waals surface area contributed by atoms with Gasteiger partial charge in [-0.3, -0.25) is 13.9 Å². The van der Waals surface area contributed by atoms with E-state index in [2.05, 4.69) is 5.32 Å². The lowest BCUT2D eigenvalue weighted by Gasteiger charge is -2.19. The fraction of sp³-hybridized carbons (Fsp3) is 0.222. The number of fused-ring (bicyclic) bond motifs is 2. The minimum atomic E-state index is -0.255. The van der Waals surface area contributed by atoms with Gasteiger partial charge in [-0.2, -0.15) is 0 Å². The number of amides is 1. The van der Waals surface area contributed by atoms with Gasteiger partial charge in [-0.05, 0) is 30.3 Å². The summed E-state index contributed by atoms with van der Waals surface area (Å²) < 4.78 is 14.1. The second-order valence-electron chi connectivity index (χ2n) is 5.92. The Morgan fingerprint density at radius 2 is 1.68 bits per heavy atom. The van der Waals surface area contributed by atoms with Crippen LogP contribution in [0.15, 0.2) is 41.2 Å². The third kappa shape index (κ3) is 2.53. The van der Waals surface area contributed by atoms with Crippen molar-refractivity contribution >= 4 is 22.6 Å². The van der Waals surface area contributed by atoms with Crippen LogP contribution in [0.25, 0.3) is 11.0 Å². The van der Waals surface area contributed by atoms with Gasteiger partial charge in [0.1, 0.15) is 13.2 Å². The van der Waals surface area contributed by atoms with E-state index >= 15 is 0 Å². The highest BCUT2D eigenvalue weighted by molar-refractivity contribution is 6.06. The predicted molar refractivity (Wildman–Crippen MR) is 93.5 cm³/mol. The van der Waals surface area contributed by atoms with E-state index in [-0.39, 0.29) is 11.6 Å². The van der Waals surface area contributed by atoms with E-state index in [9.17, 15) is 9.59 Å². The fourth-order valence-electron chi connectivity index (χ4n) is 2.97. The molecule has 1 aliphatic heterocycles. The molecule has 2 aromatic carbocycles. The molecule has 0 bridgehead atoms. The lowest BCUT2D eigenvalue weighted by molar-refractivity contribution is 0.102. The van der Waals surface area contributed by atoms with Gasteiger partial charge in [0, 0.05) is 31.4 Å². The number of hydrogen-bond donors (Lipinski definition) is 1. The van der Waals surface area contributed by atoms with Crippen molar-refractivity contribution in [1.82, 2.24) is 9.13 Å². The average molecular weight is 339 g/mol. The summed E-state index contributed by atoms with van der Waals surface area (Å²) in [6, 6.07) is 10.5. The van der Waals surface area contributed by atoms with Crippen molar-refractivity contribution in [1.29, 1.82) is 0 Å². The summed E-state index contributed by atoms with van der Waals surface area (Å²) in [6.45, 7) is 1.01. The summed E-state index contributed by atoms with van der Waals surface area (Å²) in [4.78, 5) is 24.5. The van der Waals surface area contributed by atoms with Crippen LogP contribution < -0.4 is 20.5 Å². The van der Waals surface area contributed by atoms with Crippen LogP contribution in [0, 0.1) is 0 Å². The normalized spacial score (nSPS) is 13.0. The zero-order valence-corrected chi connectivity index (χ0v) is 13.9. The Labute approximate surface area is 143 Å². The molecular formula is C18H17N3O4. The van der Waals surface area contributed by atoms with Crippen LogP contribution in [0.3, 0.4) is 0 Å². The van der Waals surface area contributed by atoms with E-state index in [0.29, 0.717) is 41.5 Å². The molecule has 0 aliphatic carbocycles. The van der Waals surface area contributed by atoms with Gasteiger partial charge in [0.25, 0.3) is 5.91 Å². The third-order valence-corrected chi connectivity index (χ3v) is 4.33. The molecule has 1 aromatic heterocycles. The Hall–Kier alpha value is -3.22. The molecular weight excluding hydrogens is 322 g/mol. The number of imidazole rings is 1. The Kier molecular flexibility index (Phi) is 3.49. The van der Waals surface area contributed by atoms with Crippen LogP contribution in [0.2, 0.25) is 0 Å². The highest BCUT2D eigenvalue weighted by Gasteiger charge is 2.15. The molecule has 7 nitrogen and oxygen atoms in total. The summed E-state index contributed by atoms with van der Waals surface area (Å²) in [7, 11) is 3.40. The second kappa shape index (κ2) is 5.70. The minimum absolute atomic E-state index is 0.126. The van der Waals surface area contributed by atoms with Gasteiger partial charge in [-0.15, -0.1) is 0 Å². The fourth-order valence-corrected chi connectivity index (χ4v) is 2.97. The molecule has 4 rings (SSSR count). The average Bonchev–Trinajstić information content (AvgIpc) is 2.85. The number of rotatable bonds is 2. The maximum absolute atomic E-state index is 12.6. The smallest absolute Gasteiger partial charge is 0.328 e. The summed E-state index contributed by atoms with van der Waals surface area (Å²) in [5, 5.41) is 2.85. The Bertz CT molecular complexity index is 1050. The number of benzene rings is 2. The van der Waals surface area contributed by atoms with Crippen molar-refractivity contribution in [2.24, 2.45) is 14.1 Å². The quantitative estimate of drug-likeness (QED) is 0.774. The molecule has 25 heavy (non-hydrogen) atoms. The number of nitrogens with zero attached hydrogens (tertiary/aromatic N) is 2. The number of aryl methyl sites for hydroxylation is 2. The highest BCUT2D eigenvalue weighted by Crippen LogP contribution is 2.32. The molecule has 128 valence electrons. The molecule has 0 radical (unpaired) electrons.